The van der Waals surface area contributed by atoms with Crippen molar-refractivity contribution in [3.63, 3.8) is 0 Å². The number of nitrogens with zero attached hydrogens (tertiary/aromatic N) is 1. The van der Waals surface area contributed by atoms with Crippen LogP contribution in [0.25, 0.3) is 11.6 Å². The number of fused-ring (bicyclic) bond motifs is 1. The first-order chi connectivity index (χ1) is 11.1. The van der Waals surface area contributed by atoms with E-state index < -0.39 is 0 Å². The van der Waals surface area contributed by atoms with E-state index in [1.807, 2.05) is 30.3 Å². The van der Waals surface area contributed by atoms with Crippen LogP contribution in [0.2, 0.25) is 5.02 Å². The third-order valence-electron chi connectivity index (χ3n) is 3.86. The van der Waals surface area contributed by atoms with Crippen LogP contribution in [0, 0.1) is 0 Å². The number of benzene rings is 2. The second-order valence-corrected chi connectivity index (χ2v) is 5.58. The molecule has 3 rings (SSSR count). The van der Waals surface area contributed by atoms with Crippen LogP contribution < -0.4 is 14.4 Å². The number of amides is 1. The minimum atomic E-state index is -0.0443. The van der Waals surface area contributed by atoms with Crippen molar-refractivity contribution in [3.8, 4) is 11.5 Å². The molecule has 0 aliphatic carbocycles. The van der Waals surface area contributed by atoms with E-state index in [1.165, 1.54) is 7.11 Å². The van der Waals surface area contributed by atoms with Crippen LogP contribution >= 0.6 is 11.6 Å². The molecule has 0 unspecified atom stereocenters. The Morgan fingerprint density at radius 3 is 2.57 bits per heavy atom. The molecule has 0 spiro atoms. The summed E-state index contributed by atoms with van der Waals surface area (Å²) in [5.74, 6) is 0.961. The normalized spacial score (nSPS) is 15.0. The molecule has 1 amide bonds. The molecule has 118 valence electrons. The Morgan fingerprint density at radius 2 is 1.87 bits per heavy atom. The highest BCUT2D eigenvalue weighted by Crippen LogP contribution is 2.40. The summed E-state index contributed by atoms with van der Waals surface area (Å²) in [5.41, 5.74) is 3.22. The molecular formula is C18H16ClNO3. The highest BCUT2D eigenvalue weighted by Gasteiger charge is 2.29. The maximum Gasteiger partial charge on any atom is 0.258 e. The lowest BCUT2D eigenvalue weighted by molar-refractivity contribution is -0.112. The number of carbonyl (C=O) groups is 1. The summed E-state index contributed by atoms with van der Waals surface area (Å²) in [4.78, 5) is 14.1. The minimum absolute atomic E-state index is 0.0443. The Kier molecular flexibility index (Phi) is 4.01. The number of para-hydroxylation sites is 1. The fraction of sp³-hybridized carbons (Fsp3) is 0.167. The summed E-state index contributed by atoms with van der Waals surface area (Å²) in [6, 6.07) is 11.2. The third kappa shape index (κ3) is 2.55. The molecule has 1 aliphatic rings. The van der Waals surface area contributed by atoms with Gasteiger partial charge in [0.1, 0.15) is 0 Å². The zero-order valence-corrected chi connectivity index (χ0v) is 13.8. The van der Waals surface area contributed by atoms with E-state index in [0.29, 0.717) is 22.1 Å². The number of anilines is 1. The van der Waals surface area contributed by atoms with E-state index in [1.54, 1.807) is 31.2 Å². The predicted molar refractivity (Wildman–Crippen MR) is 92.3 cm³/mol. The summed E-state index contributed by atoms with van der Waals surface area (Å²) in [6.07, 6.45) is 1.82. The van der Waals surface area contributed by atoms with Gasteiger partial charge in [-0.05, 0) is 29.8 Å². The molecule has 0 atom stereocenters. The molecule has 0 saturated heterocycles. The van der Waals surface area contributed by atoms with Crippen LogP contribution in [-0.2, 0) is 4.79 Å². The van der Waals surface area contributed by atoms with Crippen molar-refractivity contribution in [1.29, 1.82) is 0 Å². The molecule has 0 radical (unpaired) electrons. The maximum absolute atomic E-state index is 12.5. The van der Waals surface area contributed by atoms with Gasteiger partial charge in [0.15, 0.2) is 11.5 Å². The van der Waals surface area contributed by atoms with Gasteiger partial charge in [-0.1, -0.05) is 29.8 Å². The topological polar surface area (TPSA) is 38.8 Å². The van der Waals surface area contributed by atoms with E-state index in [9.17, 15) is 4.79 Å². The smallest absolute Gasteiger partial charge is 0.258 e. The van der Waals surface area contributed by atoms with Crippen LogP contribution in [0.4, 0.5) is 5.69 Å². The fourth-order valence-electron chi connectivity index (χ4n) is 2.73. The summed E-state index contributed by atoms with van der Waals surface area (Å²) < 4.78 is 10.5. The third-order valence-corrected chi connectivity index (χ3v) is 4.14. The molecule has 5 heteroatoms. The van der Waals surface area contributed by atoms with Gasteiger partial charge in [-0.15, -0.1) is 0 Å². The molecule has 1 heterocycles. The van der Waals surface area contributed by atoms with Gasteiger partial charge in [-0.3, -0.25) is 4.79 Å². The van der Waals surface area contributed by atoms with Crippen molar-refractivity contribution < 1.29 is 14.3 Å². The van der Waals surface area contributed by atoms with Gasteiger partial charge in [-0.25, -0.2) is 0 Å². The number of ether oxygens (including phenoxy) is 2. The number of halogens is 1. The molecular weight excluding hydrogens is 314 g/mol. The van der Waals surface area contributed by atoms with Crippen LogP contribution in [0.15, 0.2) is 36.4 Å². The molecule has 0 aromatic heterocycles. The lowest BCUT2D eigenvalue weighted by atomic mass is 10.0. The molecule has 0 saturated carbocycles. The molecule has 4 nitrogen and oxygen atoms in total. The van der Waals surface area contributed by atoms with E-state index in [4.69, 9.17) is 21.1 Å². The Labute approximate surface area is 139 Å². The lowest BCUT2D eigenvalue weighted by Crippen LogP contribution is -2.20. The van der Waals surface area contributed by atoms with Gasteiger partial charge in [-0.2, -0.15) is 0 Å². The van der Waals surface area contributed by atoms with Crippen molar-refractivity contribution in [2.75, 3.05) is 26.2 Å². The quantitative estimate of drug-likeness (QED) is 0.802. The average Bonchev–Trinajstić information content (AvgIpc) is 2.80. The van der Waals surface area contributed by atoms with Crippen LogP contribution in [0.3, 0.4) is 0 Å². The Balaban J connectivity index is 2.12. The zero-order valence-electron chi connectivity index (χ0n) is 13.1. The van der Waals surface area contributed by atoms with E-state index in [2.05, 4.69) is 0 Å². The van der Waals surface area contributed by atoms with Crippen LogP contribution in [0.1, 0.15) is 11.1 Å². The van der Waals surface area contributed by atoms with Gasteiger partial charge in [0, 0.05) is 18.2 Å². The van der Waals surface area contributed by atoms with Gasteiger partial charge >= 0.3 is 0 Å². The SMILES string of the molecule is COc1cc(/C=C2\C(=O)N(C)c3ccccc32)cc(Cl)c1OC. The average molecular weight is 330 g/mol. The Hall–Kier alpha value is -2.46. The standard InChI is InChI=1S/C18H16ClNO3/c1-20-15-7-5-4-6-12(15)13(18(20)21)8-11-9-14(19)17(23-3)16(10-11)22-2/h4-10H,1-3H3/b13-8-. The van der Waals surface area contributed by atoms with Crippen LogP contribution in [0.5, 0.6) is 11.5 Å². The summed E-state index contributed by atoms with van der Waals surface area (Å²) in [7, 11) is 4.85. The van der Waals surface area contributed by atoms with Crippen LogP contribution in [-0.4, -0.2) is 27.2 Å². The first-order valence-electron chi connectivity index (χ1n) is 7.07. The minimum Gasteiger partial charge on any atom is -0.493 e. The highest BCUT2D eigenvalue weighted by atomic mass is 35.5. The summed E-state index contributed by atoms with van der Waals surface area (Å²) >= 11 is 6.23. The highest BCUT2D eigenvalue weighted by molar-refractivity contribution is 6.36. The van der Waals surface area contributed by atoms with E-state index >= 15 is 0 Å². The monoisotopic (exact) mass is 329 g/mol. The van der Waals surface area contributed by atoms with Gasteiger partial charge < -0.3 is 14.4 Å². The molecule has 23 heavy (non-hydrogen) atoms. The van der Waals surface area contributed by atoms with Crippen molar-refractivity contribution in [1.82, 2.24) is 0 Å². The molecule has 0 bridgehead atoms. The number of rotatable bonds is 3. The van der Waals surface area contributed by atoms with Gasteiger partial charge in [0.25, 0.3) is 5.91 Å². The fourth-order valence-corrected chi connectivity index (χ4v) is 3.02. The van der Waals surface area contributed by atoms with Crippen molar-refractivity contribution in [3.05, 3.63) is 52.5 Å². The first-order valence-corrected chi connectivity index (χ1v) is 7.45. The largest absolute Gasteiger partial charge is 0.493 e. The van der Waals surface area contributed by atoms with Gasteiger partial charge in [0.05, 0.1) is 24.9 Å². The summed E-state index contributed by atoms with van der Waals surface area (Å²) in [6.45, 7) is 0. The number of hydrogen-bond donors (Lipinski definition) is 0. The lowest BCUT2D eigenvalue weighted by Gasteiger charge is -2.10. The number of likely N-dealkylation sites (N-methyl/N-ethyl adjacent to an activating group) is 1. The van der Waals surface area contributed by atoms with Crippen molar-refractivity contribution in [2.24, 2.45) is 0 Å². The molecule has 0 fully saturated rings. The molecule has 1 aliphatic heterocycles. The van der Waals surface area contributed by atoms with Crippen molar-refractivity contribution >= 4 is 34.8 Å². The van der Waals surface area contributed by atoms with Gasteiger partial charge in [0.2, 0.25) is 0 Å². The number of hydrogen-bond acceptors (Lipinski definition) is 3. The Morgan fingerprint density at radius 1 is 1.13 bits per heavy atom. The van der Waals surface area contributed by atoms with E-state index in [-0.39, 0.29) is 5.91 Å². The number of methoxy groups -OCH3 is 2. The molecule has 2 aromatic carbocycles. The zero-order chi connectivity index (χ0) is 16.6. The second kappa shape index (κ2) is 5.97. The predicted octanol–water partition coefficient (Wildman–Crippen LogP) is 3.87. The van der Waals surface area contributed by atoms with E-state index in [0.717, 1.165) is 16.8 Å². The first kappa shape index (κ1) is 15.4. The Bertz CT molecular complexity index is 814. The summed E-state index contributed by atoms with van der Waals surface area (Å²) in [5, 5.41) is 0.436. The van der Waals surface area contributed by atoms with Crippen molar-refractivity contribution in [2.45, 2.75) is 0 Å². The molecule has 0 N–H and O–H groups in total. The number of carbonyl (C=O) groups excluding carboxylic acids is 1. The maximum atomic E-state index is 12.5. The molecule has 2 aromatic rings. The second-order valence-electron chi connectivity index (χ2n) is 5.18.